The van der Waals surface area contributed by atoms with Gasteiger partial charge in [-0.25, -0.2) is 0 Å². The van der Waals surface area contributed by atoms with Crippen LogP contribution in [0.3, 0.4) is 0 Å². The van der Waals surface area contributed by atoms with Gasteiger partial charge in [-0.05, 0) is 90.1 Å². The number of primary amides is 1. The van der Waals surface area contributed by atoms with Gasteiger partial charge in [-0.2, -0.15) is 0 Å². The van der Waals surface area contributed by atoms with E-state index in [1.54, 1.807) is 0 Å². The summed E-state index contributed by atoms with van der Waals surface area (Å²) in [7, 11) is 0. The number of nitrogens with zero attached hydrogens (tertiary/aromatic N) is 4. The van der Waals surface area contributed by atoms with Crippen LogP contribution in [-0.4, -0.2) is 59.5 Å². The highest BCUT2D eigenvalue weighted by Gasteiger charge is 2.50. The largest absolute Gasteiger partial charge is 0.371 e. The minimum atomic E-state index is -0.364. The molecule has 1 atom stereocenters. The van der Waals surface area contributed by atoms with Gasteiger partial charge in [-0.3, -0.25) is 19.6 Å². The number of rotatable bonds is 7. The van der Waals surface area contributed by atoms with Gasteiger partial charge in [0.05, 0.1) is 0 Å². The second-order valence-corrected chi connectivity index (χ2v) is 12.6. The average Bonchev–Trinajstić information content (AvgIpc) is 2.97. The first-order valence-corrected chi connectivity index (χ1v) is 15.0. The Labute approximate surface area is 239 Å². The summed E-state index contributed by atoms with van der Waals surface area (Å²) in [4.78, 5) is 23.6. The van der Waals surface area contributed by atoms with Crippen molar-refractivity contribution in [1.82, 2.24) is 14.8 Å². The van der Waals surface area contributed by atoms with Crippen LogP contribution < -0.4 is 10.6 Å². The molecule has 3 aliphatic rings. The Balaban J connectivity index is 1.14. The fourth-order valence-electron chi connectivity index (χ4n) is 7.46. The molecule has 2 saturated heterocycles. The molecule has 40 heavy (non-hydrogen) atoms. The summed E-state index contributed by atoms with van der Waals surface area (Å²) in [5, 5.41) is 0. The Bertz CT molecular complexity index is 1290. The molecule has 2 aromatic carbocycles. The minimum Gasteiger partial charge on any atom is -0.371 e. The van der Waals surface area contributed by atoms with Crippen molar-refractivity contribution >= 4 is 11.6 Å². The van der Waals surface area contributed by atoms with Gasteiger partial charge in [0, 0.05) is 75.0 Å². The normalized spacial score (nSPS) is 22.0. The highest BCUT2D eigenvalue weighted by Crippen LogP contribution is 2.53. The molecule has 1 aromatic heterocycles. The van der Waals surface area contributed by atoms with Gasteiger partial charge < -0.3 is 10.6 Å². The zero-order valence-electron chi connectivity index (χ0n) is 24.0. The lowest BCUT2D eigenvalue weighted by molar-refractivity contribution is -0.0628. The molecular formula is C34H43N5O. The number of carbonyl (C=O) groups excluding carboxylic acids is 1. The minimum absolute atomic E-state index is 0.364. The lowest BCUT2D eigenvalue weighted by atomic mass is 9.59. The standard InChI is InChI=1S/C34H43N5O/c1-25(2)30-5-3-4-6-31(30)32-24-37(23-26-11-15-36-16-12-26)19-20-39(32)29-21-34(22-29)13-17-38(18-14-34)28-9-7-27(8-10-28)33(35)40/h3-12,15-16,25,29,32H,13-14,17-24H2,1-2H3,(H2,35,40)/t32-/m0/s1. The van der Waals surface area contributed by atoms with Crippen LogP contribution in [0.2, 0.25) is 0 Å². The van der Waals surface area contributed by atoms with E-state index in [4.69, 9.17) is 5.73 Å². The first-order valence-electron chi connectivity index (χ1n) is 15.0. The third-order valence-electron chi connectivity index (χ3n) is 9.79. The molecule has 3 fully saturated rings. The lowest BCUT2D eigenvalue weighted by Gasteiger charge is -2.58. The Hall–Kier alpha value is -3.22. The van der Waals surface area contributed by atoms with Gasteiger partial charge >= 0.3 is 0 Å². The number of benzene rings is 2. The van der Waals surface area contributed by atoms with Gasteiger partial charge in [0.1, 0.15) is 0 Å². The molecule has 210 valence electrons. The number of nitrogens with two attached hydrogens (primary N) is 1. The molecular weight excluding hydrogens is 494 g/mol. The van der Waals surface area contributed by atoms with Gasteiger partial charge in [-0.15, -0.1) is 0 Å². The topological polar surface area (TPSA) is 65.7 Å². The van der Waals surface area contributed by atoms with Crippen LogP contribution in [0, 0.1) is 5.41 Å². The van der Waals surface area contributed by atoms with Crippen LogP contribution >= 0.6 is 0 Å². The molecule has 0 unspecified atom stereocenters. The number of pyridine rings is 1. The van der Waals surface area contributed by atoms with Gasteiger partial charge in [0.15, 0.2) is 0 Å². The van der Waals surface area contributed by atoms with Crippen molar-refractivity contribution in [3.8, 4) is 0 Å². The maximum Gasteiger partial charge on any atom is 0.248 e. The summed E-state index contributed by atoms with van der Waals surface area (Å²) in [6, 6.07) is 22.4. The summed E-state index contributed by atoms with van der Waals surface area (Å²) in [5.41, 5.74) is 12.0. The predicted molar refractivity (Wildman–Crippen MR) is 161 cm³/mol. The number of amides is 1. The van der Waals surface area contributed by atoms with Crippen LogP contribution in [0.15, 0.2) is 73.1 Å². The second-order valence-electron chi connectivity index (χ2n) is 12.6. The number of aromatic nitrogens is 1. The van der Waals surface area contributed by atoms with E-state index in [-0.39, 0.29) is 5.91 Å². The van der Waals surface area contributed by atoms with Crippen molar-refractivity contribution in [2.75, 3.05) is 37.6 Å². The molecule has 0 radical (unpaired) electrons. The van der Waals surface area contributed by atoms with E-state index in [9.17, 15) is 4.79 Å². The van der Waals surface area contributed by atoms with E-state index in [1.165, 1.54) is 48.1 Å². The third-order valence-corrected chi connectivity index (χ3v) is 9.79. The SMILES string of the molecule is CC(C)c1ccccc1[C@@H]1CN(Cc2ccncc2)CCN1C1CC2(CCN(c3ccc(C(N)=O)cc3)CC2)C1. The van der Waals surface area contributed by atoms with Crippen LogP contribution in [0.25, 0.3) is 0 Å². The fraction of sp³-hybridized carbons (Fsp3) is 0.471. The Kier molecular flexibility index (Phi) is 7.65. The second kappa shape index (κ2) is 11.3. The Morgan fingerprint density at radius 2 is 1.65 bits per heavy atom. The molecule has 1 spiro atoms. The van der Waals surface area contributed by atoms with Crippen molar-refractivity contribution in [2.45, 2.75) is 64.1 Å². The molecule has 6 nitrogen and oxygen atoms in total. The van der Waals surface area contributed by atoms with Crippen LogP contribution in [0.1, 0.15) is 78.5 Å². The van der Waals surface area contributed by atoms with Gasteiger partial charge in [0.25, 0.3) is 0 Å². The summed E-state index contributed by atoms with van der Waals surface area (Å²) < 4.78 is 0. The fourth-order valence-corrected chi connectivity index (χ4v) is 7.46. The van der Waals surface area contributed by atoms with Crippen molar-refractivity contribution in [2.24, 2.45) is 11.1 Å². The number of hydrogen-bond acceptors (Lipinski definition) is 5. The highest BCUT2D eigenvalue weighted by atomic mass is 16.1. The van der Waals surface area contributed by atoms with Gasteiger partial charge in [0.2, 0.25) is 5.91 Å². The van der Waals surface area contributed by atoms with E-state index in [0.29, 0.717) is 29.0 Å². The maximum atomic E-state index is 11.4. The lowest BCUT2D eigenvalue weighted by Crippen LogP contribution is -2.60. The first kappa shape index (κ1) is 27.0. The predicted octanol–water partition coefficient (Wildman–Crippen LogP) is 5.61. The molecule has 2 N–H and O–H groups in total. The average molecular weight is 538 g/mol. The van der Waals surface area contributed by atoms with E-state index in [2.05, 4.69) is 69.9 Å². The van der Waals surface area contributed by atoms with Crippen LogP contribution in [-0.2, 0) is 6.54 Å². The molecule has 6 heteroatoms. The zero-order valence-corrected chi connectivity index (χ0v) is 24.0. The van der Waals surface area contributed by atoms with E-state index in [0.717, 1.165) is 39.3 Å². The van der Waals surface area contributed by atoms with Crippen molar-refractivity contribution in [1.29, 1.82) is 0 Å². The first-order chi connectivity index (χ1) is 19.4. The Morgan fingerprint density at radius 3 is 2.33 bits per heavy atom. The zero-order chi connectivity index (χ0) is 27.7. The summed E-state index contributed by atoms with van der Waals surface area (Å²) in [6.45, 7) is 11.1. The number of anilines is 1. The van der Waals surface area contributed by atoms with Crippen molar-refractivity contribution in [3.05, 3.63) is 95.3 Å². The van der Waals surface area contributed by atoms with E-state index < -0.39 is 0 Å². The number of carbonyl (C=O) groups is 1. The van der Waals surface area contributed by atoms with Crippen LogP contribution in [0.4, 0.5) is 5.69 Å². The Morgan fingerprint density at radius 1 is 0.950 bits per heavy atom. The molecule has 0 bridgehead atoms. The summed E-state index contributed by atoms with van der Waals surface area (Å²) in [5.74, 6) is 0.153. The van der Waals surface area contributed by atoms with E-state index >= 15 is 0 Å². The summed E-state index contributed by atoms with van der Waals surface area (Å²) >= 11 is 0. The monoisotopic (exact) mass is 537 g/mol. The van der Waals surface area contributed by atoms with Crippen molar-refractivity contribution < 1.29 is 4.79 Å². The number of hydrogen-bond donors (Lipinski definition) is 1. The quantitative estimate of drug-likeness (QED) is 0.424. The van der Waals surface area contributed by atoms with Crippen LogP contribution in [0.5, 0.6) is 0 Å². The molecule has 2 aliphatic heterocycles. The van der Waals surface area contributed by atoms with Crippen molar-refractivity contribution in [3.63, 3.8) is 0 Å². The molecule has 6 rings (SSSR count). The number of piperidine rings is 1. The molecule has 3 heterocycles. The molecule has 3 aromatic rings. The smallest absolute Gasteiger partial charge is 0.248 e. The molecule has 1 aliphatic carbocycles. The van der Waals surface area contributed by atoms with E-state index in [1.807, 2.05) is 36.7 Å². The third kappa shape index (κ3) is 5.52. The number of piperazine rings is 1. The summed E-state index contributed by atoms with van der Waals surface area (Å²) in [6.07, 6.45) is 8.93. The molecule has 1 saturated carbocycles. The molecule has 1 amide bonds. The maximum absolute atomic E-state index is 11.4. The van der Waals surface area contributed by atoms with Gasteiger partial charge in [-0.1, -0.05) is 38.1 Å². The highest BCUT2D eigenvalue weighted by molar-refractivity contribution is 5.93.